The Hall–Kier alpha value is -2.12. The summed E-state index contributed by atoms with van der Waals surface area (Å²) in [6, 6.07) is 12.0. The van der Waals surface area contributed by atoms with E-state index in [1.807, 2.05) is 19.1 Å². The lowest BCUT2D eigenvalue weighted by atomic mass is 10.1. The van der Waals surface area contributed by atoms with Gasteiger partial charge in [0.2, 0.25) is 5.55 Å². The molecule has 1 heterocycles. The van der Waals surface area contributed by atoms with Crippen molar-refractivity contribution in [2.24, 2.45) is 4.40 Å². The molecule has 5 nitrogen and oxygen atoms in total. The van der Waals surface area contributed by atoms with Crippen molar-refractivity contribution in [2.45, 2.75) is 38.0 Å². The van der Waals surface area contributed by atoms with Crippen LogP contribution in [0.1, 0.15) is 30.9 Å². The normalized spacial score (nSPS) is 12.6. The molecule has 0 aliphatic rings. The molecule has 0 amide bonds. The van der Waals surface area contributed by atoms with E-state index in [1.54, 1.807) is 30.3 Å². The fourth-order valence-electron chi connectivity index (χ4n) is 2.79. The molecule has 0 unspecified atom stereocenters. The molecular formula is C20H21BrN2O3S. The van der Waals surface area contributed by atoms with Gasteiger partial charge in [0.25, 0.3) is 10.0 Å². The number of nitrogens with two attached hydrogens (primary N) is 1. The van der Waals surface area contributed by atoms with E-state index in [1.165, 1.54) is 0 Å². The van der Waals surface area contributed by atoms with Gasteiger partial charge < -0.3 is 10.2 Å². The van der Waals surface area contributed by atoms with Crippen molar-refractivity contribution >= 4 is 42.6 Å². The molecule has 142 valence electrons. The molecule has 0 bridgehead atoms. The van der Waals surface area contributed by atoms with Crippen molar-refractivity contribution in [3.05, 3.63) is 63.6 Å². The number of sulfonamides is 1. The van der Waals surface area contributed by atoms with Gasteiger partial charge in [0.05, 0.1) is 10.6 Å². The Balaban J connectivity index is 2.26. The first-order valence-electron chi connectivity index (χ1n) is 8.70. The highest BCUT2D eigenvalue weighted by Gasteiger charge is 2.16. The van der Waals surface area contributed by atoms with Crippen LogP contribution in [0.3, 0.4) is 0 Å². The minimum Gasteiger partial charge on any atom is -0.437 e. The second-order valence-electron chi connectivity index (χ2n) is 6.42. The summed E-state index contributed by atoms with van der Waals surface area (Å²) >= 11 is 3.43. The summed E-state index contributed by atoms with van der Waals surface area (Å²) in [5, 5.41) is 0.738. The maximum Gasteiger partial charge on any atom is 0.285 e. The topological polar surface area (TPSA) is 85.7 Å². The first-order chi connectivity index (χ1) is 12.8. The molecule has 0 saturated carbocycles. The molecule has 0 aliphatic carbocycles. The van der Waals surface area contributed by atoms with Crippen LogP contribution < -0.4 is 11.3 Å². The van der Waals surface area contributed by atoms with Crippen molar-refractivity contribution in [1.29, 1.82) is 0 Å². The van der Waals surface area contributed by atoms with Gasteiger partial charge in [0.1, 0.15) is 5.58 Å². The molecule has 1 aromatic heterocycles. The Labute approximate surface area is 167 Å². The van der Waals surface area contributed by atoms with Crippen molar-refractivity contribution < 1.29 is 12.8 Å². The highest BCUT2D eigenvalue weighted by atomic mass is 79.9. The number of halogens is 1. The molecule has 0 radical (unpaired) electrons. The molecule has 0 fully saturated rings. The Morgan fingerprint density at radius 1 is 1.15 bits per heavy atom. The molecule has 0 spiro atoms. The Morgan fingerprint density at radius 3 is 2.52 bits per heavy atom. The van der Waals surface area contributed by atoms with Gasteiger partial charge in [-0.05, 0) is 50.1 Å². The first kappa shape index (κ1) is 19.6. The van der Waals surface area contributed by atoms with Gasteiger partial charge >= 0.3 is 0 Å². The third-order valence-electron chi connectivity index (χ3n) is 4.32. The predicted octanol–water partition coefficient (Wildman–Crippen LogP) is 4.72. The quantitative estimate of drug-likeness (QED) is 0.611. The maximum atomic E-state index is 12.8. The first-order valence-corrected chi connectivity index (χ1v) is 10.9. The summed E-state index contributed by atoms with van der Waals surface area (Å²) in [5.41, 5.74) is 9.02. The number of aryl methyl sites for hydroxylation is 1. The zero-order valence-electron chi connectivity index (χ0n) is 15.2. The van der Waals surface area contributed by atoms with Crippen LogP contribution in [0.4, 0.5) is 5.69 Å². The largest absolute Gasteiger partial charge is 0.437 e. The van der Waals surface area contributed by atoms with Crippen LogP contribution in [0.5, 0.6) is 0 Å². The van der Waals surface area contributed by atoms with E-state index in [4.69, 9.17) is 10.2 Å². The Morgan fingerprint density at radius 2 is 1.85 bits per heavy atom. The number of benzene rings is 2. The lowest BCUT2D eigenvalue weighted by Crippen LogP contribution is -2.16. The van der Waals surface area contributed by atoms with Crippen molar-refractivity contribution in [1.82, 2.24) is 0 Å². The molecule has 2 N–H and O–H groups in total. The number of nitrogens with zero attached hydrogens (tertiary/aromatic N) is 1. The van der Waals surface area contributed by atoms with Crippen LogP contribution in [-0.4, -0.2) is 8.42 Å². The van der Waals surface area contributed by atoms with Crippen molar-refractivity contribution in [3.63, 3.8) is 0 Å². The van der Waals surface area contributed by atoms with Crippen molar-refractivity contribution in [2.75, 3.05) is 5.73 Å². The Bertz CT molecular complexity index is 1150. The predicted molar refractivity (Wildman–Crippen MR) is 111 cm³/mol. The summed E-state index contributed by atoms with van der Waals surface area (Å²) in [4.78, 5) is 0.124. The number of unbranched alkanes of at least 4 members (excludes halogenated alkanes) is 1. The summed E-state index contributed by atoms with van der Waals surface area (Å²) in [7, 11) is -3.90. The molecule has 3 aromatic rings. The standard InChI is InChI=1S/C20H21BrN2O3S/c1-3-4-5-16-19(22)17-12-14(21)8-11-18(17)26-20(16)23-27(24,25)15-9-6-13(2)7-10-15/h6-12H,3-5,22H2,1-2H3. The van der Waals surface area contributed by atoms with Crippen LogP contribution >= 0.6 is 15.9 Å². The lowest BCUT2D eigenvalue weighted by molar-refractivity contribution is 0.529. The van der Waals surface area contributed by atoms with Crippen LogP contribution in [0.25, 0.3) is 11.0 Å². The lowest BCUT2D eigenvalue weighted by Gasteiger charge is -2.09. The maximum absolute atomic E-state index is 12.8. The van der Waals surface area contributed by atoms with Gasteiger partial charge in [-0.25, -0.2) is 0 Å². The highest BCUT2D eigenvalue weighted by molar-refractivity contribution is 9.10. The monoisotopic (exact) mass is 448 g/mol. The molecule has 0 aliphatic heterocycles. The number of fused-ring (bicyclic) bond motifs is 1. The van der Waals surface area contributed by atoms with E-state index in [2.05, 4.69) is 27.3 Å². The smallest absolute Gasteiger partial charge is 0.285 e. The minimum atomic E-state index is -3.90. The van der Waals surface area contributed by atoms with Gasteiger partial charge in [-0.2, -0.15) is 8.42 Å². The van der Waals surface area contributed by atoms with E-state index >= 15 is 0 Å². The molecule has 27 heavy (non-hydrogen) atoms. The number of anilines is 1. The summed E-state index contributed by atoms with van der Waals surface area (Å²) < 4.78 is 36.3. The second-order valence-corrected chi connectivity index (χ2v) is 8.94. The van der Waals surface area contributed by atoms with Crippen LogP contribution in [0, 0.1) is 6.92 Å². The summed E-state index contributed by atoms with van der Waals surface area (Å²) in [6.07, 6.45) is 2.39. The molecular weight excluding hydrogens is 428 g/mol. The molecule has 3 rings (SSSR count). The summed E-state index contributed by atoms with van der Waals surface area (Å²) in [6.45, 7) is 3.96. The van der Waals surface area contributed by atoms with Gasteiger partial charge in [0, 0.05) is 15.4 Å². The second kappa shape index (κ2) is 7.86. The SMILES string of the molecule is CCCCc1c(N)c2cc(Br)ccc2oc1=NS(=O)(=O)c1ccc(C)cc1. The number of rotatable bonds is 5. The Kier molecular flexibility index (Phi) is 5.72. The zero-order valence-corrected chi connectivity index (χ0v) is 17.6. The highest BCUT2D eigenvalue weighted by Crippen LogP contribution is 2.27. The van der Waals surface area contributed by atoms with Gasteiger partial charge in [-0.1, -0.05) is 47.0 Å². The van der Waals surface area contributed by atoms with Crippen LogP contribution in [0.15, 0.2) is 60.6 Å². The third kappa shape index (κ3) is 4.25. The van der Waals surface area contributed by atoms with E-state index in [0.717, 1.165) is 28.3 Å². The van der Waals surface area contributed by atoms with Crippen LogP contribution in [-0.2, 0) is 16.4 Å². The van der Waals surface area contributed by atoms with E-state index in [0.29, 0.717) is 23.3 Å². The van der Waals surface area contributed by atoms with E-state index < -0.39 is 10.0 Å². The zero-order chi connectivity index (χ0) is 19.6. The van der Waals surface area contributed by atoms with E-state index in [-0.39, 0.29) is 10.4 Å². The fraction of sp³-hybridized carbons (Fsp3) is 0.250. The minimum absolute atomic E-state index is 0.0522. The van der Waals surface area contributed by atoms with Gasteiger partial charge in [-0.15, -0.1) is 4.40 Å². The molecule has 0 atom stereocenters. The van der Waals surface area contributed by atoms with Gasteiger partial charge in [-0.3, -0.25) is 0 Å². The number of nitrogen functional groups attached to an aromatic ring is 1. The van der Waals surface area contributed by atoms with Crippen molar-refractivity contribution in [3.8, 4) is 0 Å². The number of hydrogen-bond donors (Lipinski definition) is 1. The van der Waals surface area contributed by atoms with E-state index in [9.17, 15) is 8.42 Å². The fourth-order valence-corrected chi connectivity index (χ4v) is 4.10. The average Bonchev–Trinajstić information content (AvgIpc) is 2.62. The number of hydrogen-bond acceptors (Lipinski definition) is 4. The van der Waals surface area contributed by atoms with Crippen LogP contribution in [0.2, 0.25) is 0 Å². The molecule has 2 aromatic carbocycles. The van der Waals surface area contributed by atoms with Gasteiger partial charge in [0.15, 0.2) is 0 Å². The molecule has 0 saturated heterocycles. The average molecular weight is 449 g/mol. The summed E-state index contributed by atoms with van der Waals surface area (Å²) in [5.74, 6) is 0. The molecule has 7 heteroatoms. The third-order valence-corrected chi connectivity index (χ3v) is 6.09.